The Morgan fingerprint density at radius 2 is 1.38 bits per heavy atom. The molecule has 1 nitrogen and oxygen atoms in total. The maximum absolute atomic E-state index is 9.92. The largest absolute Gasteiger partial charge is 0.393 e. The fourth-order valence-electron chi connectivity index (χ4n) is 4.19. The van der Waals surface area contributed by atoms with E-state index in [2.05, 4.69) is 13.8 Å². The Bertz CT molecular complexity index is 203. The van der Waals surface area contributed by atoms with Gasteiger partial charge in [-0.25, -0.2) is 0 Å². The lowest BCUT2D eigenvalue weighted by atomic mass is 9.69. The van der Waals surface area contributed by atoms with Crippen LogP contribution in [-0.2, 0) is 0 Å². The Morgan fingerprint density at radius 3 is 2.06 bits per heavy atom. The summed E-state index contributed by atoms with van der Waals surface area (Å²) >= 11 is 0. The van der Waals surface area contributed by atoms with Crippen LogP contribution in [0.2, 0.25) is 0 Å². The lowest BCUT2D eigenvalue weighted by Gasteiger charge is -2.36. The number of aliphatic hydroxyl groups is 1. The third-order valence-corrected chi connectivity index (χ3v) is 4.82. The Morgan fingerprint density at radius 1 is 0.750 bits per heavy atom. The molecular formula is C15H28O. The van der Waals surface area contributed by atoms with Gasteiger partial charge in [0.1, 0.15) is 0 Å². The molecule has 0 aromatic heterocycles. The van der Waals surface area contributed by atoms with Gasteiger partial charge in [0.05, 0.1) is 6.10 Å². The van der Waals surface area contributed by atoms with E-state index in [0.717, 1.165) is 36.5 Å². The minimum atomic E-state index is 0.0000359. The van der Waals surface area contributed by atoms with E-state index in [4.69, 9.17) is 0 Å². The summed E-state index contributed by atoms with van der Waals surface area (Å²) in [6, 6.07) is 0. The molecule has 0 aliphatic heterocycles. The first-order valence-electron chi connectivity index (χ1n) is 7.33. The average molecular weight is 224 g/mol. The molecule has 0 aromatic rings. The zero-order chi connectivity index (χ0) is 11.5. The van der Waals surface area contributed by atoms with Crippen molar-refractivity contribution in [2.24, 2.45) is 23.7 Å². The van der Waals surface area contributed by atoms with Gasteiger partial charge in [0.25, 0.3) is 0 Å². The van der Waals surface area contributed by atoms with Crippen LogP contribution in [0, 0.1) is 23.7 Å². The highest BCUT2D eigenvalue weighted by molar-refractivity contribution is 4.82. The number of rotatable bonds is 1. The van der Waals surface area contributed by atoms with Crippen molar-refractivity contribution in [2.45, 2.75) is 71.3 Å². The van der Waals surface area contributed by atoms with Gasteiger partial charge >= 0.3 is 0 Å². The van der Waals surface area contributed by atoms with E-state index in [9.17, 15) is 5.11 Å². The molecule has 1 N–H and O–H groups in total. The van der Waals surface area contributed by atoms with Gasteiger partial charge in [-0.3, -0.25) is 0 Å². The van der Waals surface area contributed by atoms with Crippen LogP contribution in [0.4, 0.5) is 0 Å². The Kier molecular flexibility index (Phi) is 4.29. The molecule has 4 atom stereocenters. The summed E-state index contributed by atoms with van der Waals surface area (Å²) in [5.41, 5.74) is 0. The fraction of sp³-hybridized carbons (Fsp3) is 1.00. The minimum absolute atomic E-state index is 0.0000359. The third-order valence-electron chi connectivity index (χ3n) is 4.82. The molecule has 0 radical (unpaired) electrons. The van der Waals surface area contributed by atoms with Gasteiger partial charge in [-0.2, -0.15) is 0 Å². The first-order valence-corrected chi connectivity index (χ1v) is 7.33. The molecule has 2 aliphatic rings. The van der Waals surface area contributed by atoms with Gasteiger partial charge in [0, 0.05) is 0 Å². The maximum atomic E-state index is 9.92. The molecule has 0 saturated heterocycles. The van der Waals surface area contributed by atoms with Crippen LogP contribution in [0.3, 0.4) is 0 Å². The average Bonchev–Trinajstić information content (AvgIpc) is 2.41. The zero-order valence-electron chi connectivity index (χ0n) is 11.0. The predicted octanol–water partition coefficient (Wildman–Crippen LogP) is 4.00. The van der Waals surface area contributed by atoms with Crippen LogP contribution >= 0.6 is 0 Å². The summed E-state index contributed by atoms with van der Waals surface area (Å²) in [6.45, 7) is 4.82. The summed E-state index contributed by atoms with van der Waals surface area (Å²) in [4.78, 5) is 0. The van der Waals surface area contributed by atoms with Gasteiger partial charge in [0.15, 0.2) is 0 Å². The highest BCUT2D eigenvalue weighted by Gasteiger charge is 2.31. The molecule has 2 aliphatic carbocycles. The Hall–Kier alpha value is -0.0400. The summed E-state index contributed by atoms with van der Waals surface area (Å²) in [5.74, 6) is 3.55. The van der Waals surface area contributed by atoms with Crippen LogP contribution in [-0.4, -0.2) is 11.2 Å². The van der Waals surface area contributed by atoms with Crippen molar-refractivity contribution in [1.29, 1.82) is 0 Å². The molecule has 0 spiro atoms. The highest BCUT2D eigenvalue weighted by atomic mass is 16.3. The first-order chi connectivity index (χ1) is 7.65. The van der Waals surface area contributed by atoms with Crippen molar-refractivity contribution in [3.05, 3.63) is 0 Å². The second-order valence-electron chi connectivity index (χ2n) is 6.61. The van der Waals surface area contributed by atoms with Crippen LogP contribution < -0.4 is 0 Å². The number of hydrogen-bond donors (Lipinski definition) is 1. The van der Waals surface area contributed by atoms with E-state index in [1.165, 1.54) is 38.5 Å². The van der Waals surface area contributed by atoms with Gasteiger partial charge in [-0.1, -0.05) is 33.1 Å². The summed E-state index contributed by atoms with van der Waals surface area (Å²) in [5, 5.41) is 9.92. The third kappa shape index (κ3) is 3.23. The lowest BCUT2D eigenvalue weighted by molar-refractivity contribution is 0.0947. The van der Waals surface area contributed by atoms with Crippen LogP contribution in [0.15, 0.2) is 0 Å². The van der Waals surface area contributed by atoms with E-state index >= 15 is 0 Å². The predicted molar refractivity (Wildman–Crippen MR) is 68.3 cm³/mol. The van der Waals surface area contributed by atoms with E-state index in [1.807, 2.05) is 0 Å². The van der Waals surface area contributed by atoms with E-state index < -0.39 is 0 Å². The number of aliphatic hydroxyl groups excluding tert-OH is 1. The van der Waals surface area contributed by atoms with Crippen molar-refractivity contribution in [3.8, 4) is 0 Å². The molecule has 2 rings (SSSR count). The smallest absolute Gasteiger partial charge is 0.0543 e. The van der Waals surface area contributed by atoms with Crippen LogP contribution in [0.25, 0.3) is 0 Å². The standard InChI is InChI=1S/C15H28O/c1-11-7-12(2)9-14(8-11)13-5-3-4-6-15(16)10-13/h11-16H,3-10H2,1-2H3. The van der Waals surface area contributed by atoms with Crippen molar-refractivity contribution in [3.63, 3.8) is 0 Å². The van der Waals surface area contributed by atoms with Crippen molar-refractivity contribution in [2.75, 3.05) is 0 Å². The topological polar surface area (TPSA) is 20.2 Å². The molecule has 94 valence electrons. The van der Waals surface area contributed by atoms with Gasteiger partial charge < -0.3 is 5.11 Å². The van der Waals surface area contributed by atoms with Crippen molar-refractivity contribution < 1.29 is 5.11 Å². The molecule has 0 amide bonds. The molecule has 0 heterocycles. The quantitative estimate of drug-likeness (QED) is 0.667. The lowest BCUT2D eigenvalue weighted by Crippen LogP contribution is -2.27. The normalized spacial score (nSPS) is 46.3. The summed E-state index contributed by atoms with van der Waals surface area (Å²) < 4.78 is 0. The molecule has 0 aromatic carbocycles. The number of hydrogen-bond acceptors (Lipinski definition) is 1. The van der Waals surface area contributed by atoms with Crippen molar-refractivity contribution in [1.82, 2.24) is 0 Å². The molecular weight excluding hydrogens is 196 g/mol. The van der Waals surface area contributed by atoms with Gasteiger partial charge in [0.2, 0.25) is 0 Å². The maximum Gasteiger partial charge on any atom is 0.0543 e. The minimum Gasteiger partial charge on any atom is -0.393 e. The van der Waals surface area contributed by atoms with Crippen LogP contribution in [0.1, 0.15) is 65.2 Å². The molecule has 1 heteroatoms. The van der Waals surface area contributed by atoms with Gasteiger partial charge in [-0.05, 0) is 55.8 Å². The second kappa shape index (κ2) is 5.53. The summed E-state index contributed by atoms with van der Waals surface area (Å²) in [7, 11) is 0. The van der Waals surface area contributed by atoms with Crippen LogP contribution in [0.5, 0.6) is 0 Å². The monoisotopic (exact) mass is 224 g/mol. The molecule has 2 saturated carbocycles. The fourth-order valence-corrected chi connectivity index (χ4v) is 4.19. The SMILES string of the molecule is CC1CC(C)CC(C2CCCCC(O)C2)C1. The highest BCUT2D eigenvalue weighted by Crippen LogP contribution is 2.41. The first kappa shape index (κ1) is 12.4. The van der Waals surface area contributed by atoms with E-state index in [-0.39, 0.29) is 6.10 Å². The molecule has 0 bridgehead atoms. The molecule has 16 heavy (non-hydrogen) atoms. The molecule has 4 unspecified atom stereocenters. The summed E-state index contributed by atoms with van der Waals surface area (Å²) in [6.07, 6.45) is 10.4. The van der Waals surface area contributed by atoms with Gasteiger partial charge in [-0.15, -0.1) is 0 Å². The Labute approximate surface area is 101 Å². The van der Waals surface area contributed by atoms with E-state index in [0.29, 0.717) is 0 Å². The Balaban J connectivity index is 1.93. The zero-order valence-corrected chi connectivity index (χ0v) is 11.0. The van der Waals surface area contributed by atoms with E-state index in [1.54, 1.807) is 0 Å². The second-order valence-corrected chi connectivity index (χ2v) is 6.61. The van der Waals surface area contributed by atoms with Crippen molar-refractivity contribution >= 4 is 0 Å². The molecule has 2 fully saturated rings.